The third kappa shape index (κ3) is 5.48. The van der Waals surface area contributed by atoms with E-state index in [1.165, 1.54) is 42.3 Å². The quantitative estimate of drug-likeness (QED) is 0.314. The third-order valence-corrected chi connectivity index (χ3v) is 7.47. The maximum absolute atomic E-state index is 13.8. The number of aromatic nitrogens is 6. The van der Waals surface area contributed by atoms with Crippen LogP contribution in [0.3, 0.4) is 0 Å². The molecular formula is C24H20ClF3N6O4S. The van der Waals surface area contributed by atoms with Crippen molar-refractivity contribution in [3.8, 4) is 22.5 Å². The van der Waals surface area contributed by atoms with Crippen molar-refractivity contribution in [2.24, 2.45) is 0 Å². The van der Waals surface area contributed by atoms with Gasteiger partial charge in [-0.1, -0.05) is 28.6 Å². The molecule has 10 nitrogen and oxygen atoms in total. The summed E-state index contributed by atoms with van der Waals surface area (Å²) in [4.78, 5) is 13.1. The number of aliphatic hydroxyl groups is 2. The minimum Gasteiger partial charge on any atom is -0.394 e. The topological polar surface area (TPSA) is 128 Å². The minimum absolute atomic E-state index is 0.0245. The van der Waals surface area contributed by atoms with Crippen LogP contribution in [0.2, 0.25) is 5.02 Å². The molecule has 0 radical (unpaired) electrons. The van der Waals surface area contributed by atoms with Gasteiger partial charge in [0.25, 0.3) is 0 Å². The van der Waals surface area contributed by atoms with Gasteiger partial charge in [-0.3, -0.25) is 4.98 Å². The van der Waals surface area contributed by atoms with Crippen molar-refractivity contribution in [2.45, 2.75) is 34.7 Å². The van der Waals surface area contributed by atoms with Gasteiger partial charge in [-0.05, 0) is 18.2 Å². The smallest absolute Gasteiger partial charge is 0.194 e. The molecule has 0 bridgehead atoms. The van der Waals surface area contributed by atoms with Crippen LogP contribution in [0.4, 0.5) is 13.2 Å². The molecule has 4 heterocycles. The second-order valence-corrected chi connectivity index (χ2v) is 10.1. The Labute approximate surface area is 228 Å². The number of benzene rings is 1. The Bertz CT molecular complexity index is 1450. The van der Waals surface area contributed by atoms with Gasteiger partial charge in [-0.25, -0.2) is 27.8 Å². The van der Waals surface area contributed by atoms with Crippen molar-refractivity contribution >= 4 is 23.4 Å². The Morgan fingerprint density at radius 1 is 1.10 bits per heavy atom. The Morgan fingerprint density at radius 2 is 1.82 bits per heavy atom. The van der Waals surface area contributed by atoms with Crippen molar-refractivity contribution < 1.29 is 32.9 Å². The minimum atomic E-state index is -1.60. The molecular weight excluding hydrogens is 561 g/mol. The lowest BCUT2D eigenvalue weighted by atomic mass is 9.97. The maximum atomic E-state index is 13.8. The van der Waals surface area contributed by atoms with Crippen LogP contribution in [0.25, 0.3) is 22.5 Å². The first kappa shape index (κ1) is 27.4. The average Bonchev–Trinajstić information content (AvgIpc) is 3.42. The summed E-state index contributed by atoms with van der Waals surface area (Å²) in [6.45, 7) is -0.533. The average molecular weight is 581 g/mol. The molecule has 0 saturated carbocycles. The van der Waals surface area contributed by atoms with Crippen molar-refractivity contribution in [3.63, 3.8) is 0 Å². The number of aliphatic hydroxyl groups excluding tert-OH is 2. The number of methoxy groups -OCH3 is 1. The molecule has 0 spiro atoms. The summed E-state index contributed by atoms with van der Waals surface area (Å²) in [5.74, 6) is -4.37. The van der Waals surface area contributed by atoms with Gasteiger partial charge in [0.1, 0.15) is 41.8 Å². The van der Waals surface area contributed by atoms with Crippen molar-refractivity contribution in [1.29, 1.82) is 0 Å². The van der Waals surface area contributed by atoms with E-state index in [0.29, 0.717) is 21.2 Å². The zero-order chi connectivity index (χ0) is 27.7. The molecule has 5 rings (SSSR count). The third-order valence-electron chi connectivity index (χ3n) is 6.09. The first-order valence-corrected chi connectivity index (χ1v) is 12.7. The van der Waals surface area contributed by atoms with E-state index in [4.69, 9.17) is 21.1 Å². The lowest BCUT2D eigenvalue weighted by Crippen LogP contribution is -2.55. The van der Waals surface area contributed by atoms with E-state index >= 15 is 0 Å². The zero-order valence-corrected chi connectivity index (χ0v) is 21.6. The fraction of sp³-hybridized carbons (Fsp3) is 0.292. The molecule has 1 aliphatic rings. The highest BCUT2D eigenvalue weighted by Gasteiger charge is 2.47. The summed E-state index contributed by atoms with van der Waals surface area (Å²) in [6.07, 6.45) is 4.13. The zero-order valence-electron chi connectivity index (χ0n) is 20.0. The van der Waals surface area contributed by atoms with E-state index in [-0.39, 0.29) is 11.3 Å². The molecule has 204 valence electrons. The SMILES string of the molecule is CO[C@H]1C(n2cc(-c3cc(F)c(F)c(F)c3)nn2)[C@@H](O)C(CO)O[C@@H]1Sc1cc(Cl)cnc1-c1cncnc1. The molecule has 15 heteroatoms. The molecule has 1 aliphatic heterocycles. The number of thioether (sulfide) groups is 1. The lowest BCUT2D eigenvalue weighted by Gasteiger charge is -2.43. The van der Waals surface area contributed by atoms with Gasteiger partial charge in [-0.2, -0.15) is 0 Å². The first-order chi connectivity index (χ1) is 18.8. The number of ether oxygens (including phenoxy) is 2. The van der Waals surface area contributed by atoms with E-state index < -0.39 is 53.8 Å². The number of rotatable bonds is 7. The fourth-order valence-corrected chi connectivity index (χ4v) is 5.80. The molecule has 2 unspecified atom stereocenters. The largest absolute Gasteiger partial charge is 0.394 e. The molecule has 1 aromatic carbocycles. The van der Waals surface area contributed by atoms with E-state index in [2.05, 4.69) is 25.3 Å². The number of hydrogen-bond donors (Lipinski definition) is 2. The highest BCUT2D eigenvalue weighted by molar-refractivity contribution is 8.00. The molecule has 3 aromatic heterocycles. The van der Waals surface area contributed by atoms with Gasteiger partial charge < -0.3 is 19.7 Å². The van der Waals surface area contributed by atoms with Crippen LogP contribution in [0, 0.1) is 17.5 Å². The van der Waals surface area contributed by atoms with Crippen molar-refractivity contribution in [3.05, 3.63) is 71.8 Å². The van der Waals surface area contributed by atoms with Crippen LogP contribution >= 0.6 is 23.4 Å². The molecule has 2 N–H and O–H groups in total. The summed E-state index contributed by atoms with van der Waals surface area (Å²) >= 11 is 7.42. The van der Waals surface area contributed by atoms with Gasteiger partial charge in [0.2, 0.25) is 0 Å². The van der Waals surface area contributed by atoms with E-state index in [0.717, 1.165) is 12.1 Å². The molecule has 0 amide bonds. The van der Waals surface area contributed by atoms with Crippen LogP contribution in [-0.4, -0.2) is 77.6 Å². The van der Waals surface area contributed by atoms with Gasteiger partial charge in [0.15, 0.2) is 17.5 Å². The van der Waals surface area contributed by atoms with Gasteiger partial charge in [0, 0.05) is 41.7 Å². The fourth-order valence-electron chi connectivity index (χ4n) is 4.24. The van der Waals surface area contributed by atoms with Gasteiger partial charge in [-0.15, -0.1) is 5.10 Å². The summed E-state index contributed by atoms with van der Waals surface area (Å²) in [7, 11) is 1.41. The first-order valence-electron chi connectivity index (χ1n) is 11.4. The summed E-state index contributed by atoms with van der Waals surface area (Å²) in [5.41, 5.74) is 0.290. The molecule has 0 aliphatic carbocycles. The predicted octanol–water partition coefficient (Wildman–Crippen LogP) is 3.29. The molecule has 1 saturated heterocycles. The second kappa shape index (κ2) is 11.5. The monoisotopic (exact) mass is 580 g/mol. The number of pyridine rings is 1. The van der Waals surface area contributed by atoms with Crippen LogP contribution in [0.5, 0.6) is 0 Å². The van der Waals surface area contributed by atoms with Crippen LogP contribution in [0.15, 0.2) is 54.2 Å². The van der Waals surface area contributed by atoms with Crippen molar-refractivity contribution in [2.75, 3.05) is 13.7 Å². The highest BCUT2D eigenvalue weighted by atomic mass is 35.5. The van der Waals surface area contributed by atoms with Gasteiger partial charge >= 0.3 is 0 Å². The van der Waals surface area contributed by atoms with Crippen molar-refractivity contribution in [1.82, 2.24) is 29.9 Å². The van der Waals surface area contributed by atoms with Gasteiger partial charge in [0.05, 0.1) is 23.5 Å². The number of hydrogen-bond acceptors (Lipinski definition) is 10. The Kier molecular flexibility index (Phi) is 8.11. The standard InChI is InChI=1S/C24H20ClF3N6O4S/c1-37-23-21(34-8-16(32-33-34)11-2-14(26)19(28)15(27)3-11)22(36)17(9-35)38-24(23)39-18-4-13(25)7-31-20(18)12-5-29-10-30-6-12/h2-8,10,17,21-24,35-36H,9H2,1H3/t17?,21?,22-,23-,24+/m0/s1. The highest BCUT2D eigenvalue weighted by Crippen LogP contribution is 2.42. The second-order valence-electron chi connectivity index (χ2n) is 8.49. The summed E-state index contributed by atoms with van der Waals surface area (Å²) in [5, 5.41) is 29.4. The molecule has 4 aromatic rings. The maximum Gasteiger partial charge on any atom is 0.194 e. The van der Waals surface area contributed by atoms with E-state index in [1.54, 1.807) is 18.5 Å². The van der Waals surface area contributed by atoms with E-state index in [1.807, 2.05) is 0 Å². The predicted molar refractivity (Wildman–Crippen MR) is 133 cm³/mol. The Hall–Kier alpha value is -3.14. The lowest BCUT2D eigenvalue weighted by molar-refractivity contribution is -0.186. The van der Waals surface area contributed by atoms with Crippen LogP contribution < -0.4 is 0 Å². The number of halogens is 4. The van der Waals surface area contributed by atoms with Crippen LogP contribution in [-0.2, 0) is 9.47 Å². The summed E-state index contributed by atoms with van der Waals surface area (Å²) < 4.78 is 54.0. The Morgan fingerprint density at radius 3 is 2.49 bits per heavy atom. The summed E-state index contributed by atoms with van der Waals surface area (Å²) in [6, 6.07) is 2.30. The van der Waals surface area contributed by atoms with Crippen LogP contribution in [0.1, 0.15) is 6.04 Å². The molecule has 5 atom stereocenters. The Balaban J connectivity index is 1.50. The molecule has 39 heavy (non-hydrogen) atoms. The van der Waals surface area contributed by atoms with E-state index in [9.17, 15) is 23.4 Å². The number of nitrogens with zero attached hydrogens (tertiary/aromatic N) is 6. The molecule has 1 fully saturated rings. The normalized spacial score (nSPS) is 23.2.